The Morgan fingerprint density at radius 2 is 1.69 bits per heavy atom. The molecule has 0 aromatic heterocycles. The Kier molecular flexibility index (Phi) is 7.03. The normalized spacial score (nSPS) is 11.0. The Morgan fingerprint density at radius 3 is 2.42 bits per heavy atom. The number of ether oxygens (including phenoxy) is 2. The fourth-order valence-corrected chi connectivity index (χ4v) is 3.74. The highest BCUT2D eigenvalue weighted by molar-refractivity contribution is 6.30. The van der Waals surface area contributed by atoms with Crippen molar-refractivity contribution < 1.29 is 24.2 Å². The third-order valence-electron chi connectivity index (χ3n) is 5.37. The second kappa shape index (κ2) is 10.3. The van der Waals surface area contributed by atoms with E-state index in [-0.39, 0.29) is 28.3 Å². The van der Waals surface area contributed by atoms with Crippen molar-refractivity contribution in [1.29, 1.82) is 0 Å². The number of primary amides is 1. The van der Waals surface area contributed by atoms with Gasteiger partial charge in [-0.25, -0.2) is 0 Å². The number of phenols is 1. The van der Waals surface area contributed by atoms with Crippen LogP contribution in [0.2, 0.25) is 5.02 Å². The molecule has 10 heteroatoms. The number of aromatic hydroxyl groups is 1. The Bertz CT molecular complexity index is 1520. The molecule has 0 aliphatic carbocycles. The quantitative estimate of drug-likeness (QED) is 0.266. The molecule has 0 bridgehead atoms. The van der Waals surface area contributed by atoms with Gasteiger partial charge in [-0.2, -0.15) is 0 Å². The largest absolute Gasteiger partial charge is 0.505 e. The number of nitrogens with two attached hydrogens (primary N) is 1. The van der Waals surface area contributed by atoms with Crippen LogP contribution in [0.25, 0.3) is 10.8 Å². The van der Waals surface area contributed by atoms with Gasteiger partial charge in [0.15, 0.2) is 5.75 Å². The van der Waals surface area contributed by atoms with Crippen LogP contribution in [-0.2, 0) is 0 Å². The minimum absolute atomic E-state index is 0.0301. The van der Waals surface area contributed by atoms with Gasteiger partial charge in [0.05, 0.1) is 25.5 Å². The summed E-state index contributed by atoms with van der Waals surface area (Å²) in [5, 5.41) is 23.9. The number of hydrogen-bond acceptors (Lipinski definition) is 7. The highest BCUT2D eigenvalue weighted by atomic mass is 35.5. The molecule has 0 aliphatic rings. The molecule has 4 aromatic rings. The fraction of sp³-hybridized carbons (Fsp3) is 0.0769. The molecule has 4 aromatic carbocycles. The molecular weight excluding hydrogens is 484 g/mol. The highest BCUT2D eigenvalue weighted by Crippen LogP contribution is 2.41. The van der Waals surface area contributed by atoms with Gasteiger partial charge in [0.1, 0.15) is 22.9 Å². The summed E-state index contributed by atoms with van der Waals surface area (Å²) >= 11 is 6.00. The molecule has 0 radical (unpaired) electrons. The number of rotatable bonds is 7. The number of benzene rings is 4. The zero-order chi connectivity index (χ0) is 25.8. The third-order valence-corrected chi connectivity index (χ3v) is 5.61. The van der Waals surface area contributed by atoms with Crippen LogP contribution in [0.5, 0.6) is 17.2 Å². The Morgan fingerprint density at radius 1 is 0.944 bits per heavy atom. The van der Waals surface area contributed by atoms with Crippen molar-refractivity contribution in [2.45, 2.75) is 0 Å². The first-order valence-electron chi connectivity index (χ1n) is 10.6. The van der Waals surface area contributed by atoms with E-state index < -0.39 is 11.8 Å². The summed E-state index contributed by atoms with van der Waals surface area (Å²) in [5.41, 5.74) is 6.21. The minimum Gasteiger partial charge on any atom is -0.505 e. The van der Waals surface area contributed by atoms with Crippen molar-refractivity contribution in [3.63, 3.8) is 0 Å². The van der Waals surface area contributed by atoms with Gasteiger partial charge in [-0.3, -0.25) is 9.59 Å². The third kappa shape index (κ3) is 4.91. The summed E-state index contributed by atoms with van der Waals surface area (Å²) in [6, 6.07) is 17.9. The van der Waals surface area contributed by atoms with E-state index in [0.29, 0.717) is 33.0 Å². The molecule has 2 amide bonds. The smallest absolute Gasteiger partial charge is 0.259 e. The van der Waals surface area contributed by atoms with Gasteiger partial charge in [0, 0.05) is 22.0 Å². The van der Waals surface area contributed by atoms with Crippen LogP contribution in [0.1, 0.15) is 20.7 Å². The molecule has 9 nitrogen and oxygen atoms in total. The standard InChI is InChI=1S/C26H21ClN4O5/c1-35-21-10-7-15(25(28)33)12-20(21)30-31-23-17-6-4-3-5-14(17)11-18(24(23)32)26(34)29-19-9-8-16(27)13-22(19)36-2/h3-13,32H,1-2H3,(H2,28,33)(H,29,34). The predicted octanol–water partition coefficient (Wildman–Crippen LogP) is 5.98. The lowest BCUT2D eigenvalue weighted by Gasteiger charge is -2.13. The van der Waals surface area contributed by atoms with Crippen molar-refractivity contribution in [3.8, 4) is 17.2 Å². The average molecular weight is 505 g/mol. The second-order valence-electron chi connectivity index (χ2n) is 7.59. The number of phenolic OH excluding ortho intramolecular Hbond substituents is 1. The summed E-state index contributed by atoms with van der Waals surface area (Å²) in [5.74, 6) is -0.913. The topological polar surface area (TPSA) is 136 Å². The zero-order valence-corrected chi connectivity index (χ0v) is 20.0. The first kappa shape index (κ1) is 24.5. The molecule has 0 spiro atoms. The number of hydrogen-bond donors (Lipinski definition) is 3. The maximum Gasteiger partial charge on any atom is 0.259 e. The molecule has 0 fully saturated rings. The van der Waals surface area contributed by atoms with Gasteiger partial charge < -0.3 is 25.6 Å². The minimum atomic E-state index is -0.640. The van der Waals surface area contributed by atoms with E-state index in [2.05, 4.69) is 15.5 Å². The van der Waals surface area contributed by atoms with Crippen LogP contribution < -0.4 is 20.5 Å². The number of halogens is 1. The monoisotopic (exact) mass is 504 g/mol. The summed E-state index contributed by atoms with van der Waals surface area (Å²) in [7, 11) is 2.90. The number of anilines is 1. The molecule has 4 N–H and O–H groups in total. The first-order valence-corrected chi connectivity index (χ1v) is 11.0. The van der Waals surface area contributed by atoms with E-state index in [1.807, 2.05) is 0 Å². The van der Waals surface area contributed by atoms with Gasteiger partial charge >= 0.3 is 0 Å². The summed E-state index contributed by atoms with van der Waals surface area (Å²) in [4.78, 5) is 24.8. The Labute approximate surface area is 211 Å². The van der Waals surface area contributed by atoms with Crippen LogP contribution in [0.3, 0.4) is 0 Å². The van der Waals surface area contributed by atoms with E-state index in [1.54, 1.807) is 48.5 Å². The SMILES string of the molecule is COc1ccc(C(N)=O)cc1N=Nc1c(O)c(C(=O)Nc2ccc(Cl)cc2OC)cc2ccccc12. The lowest BCUT2D eigenvalue weighted by Crippen LogP contribution is -2.13. The molecule has 0 saturated carbocycles. The Balaban J connectivity index is 1.80. The number of nitrogens with one attached hydrogen (secondary N) is 1. The number of carbonyl (C=O) groups excluding carboxylic acids is 2. The summed E-state index contributed by atoms with van der Waals surface area (Å²) in [6.07, 6.45) is 0. The molecule has 36 heavy (non-hydrogen) atoms. The number of azo groups is 1. The number of amides is 2. The van der Waals surface area contributed by atoms with E-state index in [9.17, 15) is 14.7 Å². The number of methoxy groups -OCH3 is 2. The predicted molar refractivity (Wildman–Crippen MR) is 137 cm³/mol. The molecule has 182 valence electrons. The van der Waals surface area contributed by atoms with Crippen LogP contribution in [0.4, 0.5) is 17.1 Å². The van der Waals surface area contributed by atoms with Gasteiger partial charge in [-0.05, 0) is 41.8 Å². The molecular formula is C26H21ClN4O5. The molecule has 0 unspecified atom stereocenters. The fourth-order valence-electron chi connectivity index (χ4n) is 3.58. The second-order valence-corrected chi connectivity index (χ2v) is 8.03. The van der Waals surface area contributed by atoms with Gasteiger partial charge in [-0.15, -0.1) is 10.2 Å². The number of carbonyl (C=O) groups is 2. The van der Waals surface area contributed by atoms with E-state index >= 15 is 0 Å². The van der Waals surface area contributed by atoms with Crippen molar-refractivity contribution in [2.24, 2.45) is 16.0 Å². The van der Waals surface area contributed by atoms with Crippen LogP contribution in [0.15, 0.2) is 77.0 Å². The summed E-state index contributed by atoms with van der Waals surface area (Å²) in [6.45, 7) is 0. The van der Waals surface area contributed by atoms with Gasteiger partial charge in [0.25, 0.3) is 5.91 Å². The molecule has 4 rings (SSSR count). The van der Waals surface area contributed by atoms with Crippen molar-refractivity contribution >= 4 is 51.2 Å². The molecule has 0 aliphatic heterocycles. The lowest BCUT2D eigenvalue weighted by molar-refractivity contribution is 0.0997. The van der Waals surface area contributed by atoms with Crippen molar-refractivity contribution in [3.05, 3.63) is 82.9 Å². The van der Waals surface area contributed by atoms with Crippen LogP contribution >= 0.6 is 11.6 Å². The van der Waals surface area contributed by atoms with Crippen LogP contribution in [-0.4, -0.2) is 31.1 Å². The number of fused-ring (bicyclic) bond motifs is 1. The average Bonchev–Trinajstić information content (AvgIpc) is 2.88. The van der Waals surface area contributed by atoms with Gasteiger partial charge in [0.2, 0.25) is 5.91 Å². The maximum atomic E-state index is 13.2. The lowest BCUT2D eigenvalue weighted by atomic mass is 10.0. The Hall–Kier alpha value is -4.63. The van der Waals surface area contributed by atoms with E-state index in [4.69, 9.17) is 26.8 Å². The first-order chi connectivity index (χ1) is 17.3. The highest BCUT2D eigenvalue weighted by Gasteiger charge is 2.20. The number of nitrogens with zero attached hydrogens (tertiary/aromatic N) is 2. The van der Waals surface area contributed by atoms with Crippen LogP contribution in [0, 0.1) is 0 Å². The molecule has 0 atom stereocenters. The molecule has 0 heterocycles. The van der Waals surface area contributed by atoms with Crippen molar-refractivity contribution in [1.82, 2.24) is 0 Å². The van der Waals surface area contributed by atoms with E-state index in [0.717, 1.165) is 0 Å². The maximum absolute atomic E-state index is 13.2. The van der Waals surface area contributed by atoms with Gasteiger partial charge in [-0.1, -0.05) is 35.9 Å². The summed E-state index contributed by atoms with van der Waals surface area (Å²) < 4.78 is 10.6. The zero-order valence-electron chi connectivity index (χ0n) is 19.3. The molecule has 0 saturated heterocycles. The van der Waals surface area contributed by atoms with E-state index in [1.165, 1.54) is 32.4 Å². The van der Waals surface area contributed by atoms with Crippen molar-refractivity contribution in [2.75, 3.05) is 19.5 Å².